The highest BCUT2D eigenvalue weighted by atomic mass is 32.2. The third-order valence-electron chi connectivity index (χ3n) is 3.06. The van der Waals surface area contributed by atoms with E-state index < -0.39 is 0 Å². The maximum absolute atomic E-state index is 5.25. The van der Waals surface area contributed by atoms with E-state index in [0.717, 1.165) is 22.2 Å². The van der Waals surface area contributed by atoms with Gasteiger partial charge in [0, 0.05) is 23.7 Å². The van der Waals surface area contributed by atoms with Crippen LogP contribution >= 0.6 is 11.8 Å². The predicted molar refractivity (Wildman–Crippen MR) is 88.1 cm³/mol. The second-order valence-corrected chi connectivity index (χ2v) is 6.34. The molecule has 2 aromatic rings. The molecule has 112 valence electrons. The third kappa shape index (κ3) is 4.76. The van der Waals surface area contributed by atoms with E-state index >= 15 is 0 Å². The zero-order valence-electron chi connectivity index (χ0n) is 13.0. The molecule has 1 heterocycles. The number of hydrogen-bond donors (Lipinski definition) is 1. The molecule has 3 nitrogen and oxygen atoms in total. The molecular weight excluding hydrogens is 280 g/mol. The standard InChI is InChI=1S/C17H22N2OS/c1-12(2)18-10-14-8-13(3)17(19-11-14)21-16-7-5-6-15(9-16)20-4/h5-9,11-12,18H,10H2,1-4H3. The van der Waals surface area contributed by atoms with E-state index in [9.17, 15) is 0 Å². The van der Waals surface area contributed by atoms with Crippen molar-refractivity contribution < 1.29 is 4.74 Å². The van der Waals surface area contributed by atoms with Crippen LogP contribution in [0.15, 0.2) is 46.5 Å². The Kier molecular flexibility index (Phi) is 5.65. The Morgan fingerprint density at radius 2 is 2.10 bits per heavy atom. The second kappa shape index (κ2) is 7.48. The van der Waals surface area contributed by atoms with E-state index in [1.54, 1.807) is 18.9 Å². The number of aryl methyl sites for hydroxylation is 1. The molecule has 0 aliphatic rings. The molecule has 0 atom stereocenters. The van der Waals surface area contributed by atoms with Gasteiger partial charge in [-0.15, -0.1) is 0 Å². The van der Waals surface area contributed by atoms with Crippen LogP contribution in [-0.4, -0.2) is 18.1 Å². The predicted octanol–water partition coefficient (Wildman–Crippen LogP) is 4.05. The number of benzene rings is 1. The summed E-state index contributed by atoms with van der Waals surface area (Å²) in [5.41, 5.74) is 2.42. The SMILES string of the molecule is COc1cccc(Sc2ncc(CNC(C)C)cc2C)c1. The molecule has 0 aliphatic heterocycles. The van der Waals surface area contributed by atoms with Crippen molar-refractivity contribution >= 4 is 11.8 Å². The number of aromatic nitrogens is 1. The third-order valence-corrected chi connectivity index (χ3v) is 4.17. The number of methoxy groups -OCH3 is 1. The number of nitrogens with one attached hydrogen (secondary N) is 1. The van der Waals surface area contributed by atoms with Crippen molar-refractivity contribution in [2.45, 2.75) is 43.3 Å². The smallest absolute Gasteiger partial charge is 0.119 e. The fraction of sp³-hybridized carbons (Fsp3) is 0.353. The largest absolute Gasteiger partial charge is 0.497 e. The Labute approximate surface area is 131 Å². The van der Waals surface area contributed by atoms with Gasteiger partial charge < -0.3 is 10.1 Å². The van der Waals surface area contributed by atoms with E-state index in [1.165, 1.54) is 11.1 Å². The van der Waals surface area contributed by atoms with Crippen LogP contribution in [0.4, 0.5) is 0 Å². The van der Waals surface area contributed by atoms with Crippen LogP contribution in [0.5, 0.6) is 5.75 Å². The van der Waals surface area contributed by atoms with E-state index in [1.807, 2.05) is 24.4 Å². The first-order valence-electron chi connectivity index (χ1n) is 7.09. The highest BCUT2D eigenvalue weighted by Crippen LogP contribution is 2.30. The van der Waals surface area contributed by atoms with Crippen molar-refractivity contribution in [2.24, 2.45) is 0 Å². The van der Waals surface area contributed by atoms with Crippen LogP contribution in [0.25, 0.3) is 0 Å². The Bertz CT molecular complexity index is 599. The van der Waals surface area contributed by atoms with Crippen molar-refractivity contribution in [2.75, 3.05) is 7.11 Å². The lowest BCUT2D eigenvalue weighted by Gasteiger charge is -2.10. The minimum Gasteiger partial charge on any atom is -0.497 e. The average molecular weight is 302 g/mol. The Morgan fingerprint density at radius 3 is 2.76 bits per heavy atom. The molecule has 2 rings (SSSR count). The van der Waals surface area contributed by atoms with Crippen LogP contribution < -0.4 is 10.1 Å². The first kappa shape index (κ1) is 15.9. The van der Waals surface area contributed by atoms with Gasteiger partial charge in [-0.2, -0.15) is 0 Å². The maximum Gasteiger partial charge on any atom is 0.119 e. The normalized spacial score (nSPS) is 10.9. The Morgan fingerprint density at radius 1 is 1.29 bits per heavy atom. The summed E-state index contributed by atoms with van der Waals surface area (Å²) in [6.07, 6.45) is 1.95. The van der Waals surface area contributed by atoms with Crippen LogP contribution in [0, 0.1) is 6.92 Å². The lowest BCUT2D eigenvalue weighted by Crippen LogP contribution is -2.21. The molecule has 0 saturated carbocycles. The molecule has 0 unspecified atom stereocenters. The van der Waals surface area contributed by atoms with Crippen LogP contribution in [-0.2, 0) is 6.54 Å². The molecule has 0 bridgehead atoms. The molecule has 0 aliphatic carbocycles. The maximum atomic E-state index is 5.25. The van der Waals surface area contributed by atoms with E-state index in [4.69, 9.17) is 4.74 Å². The summed E-state index contributed by atoms with van der Waals surface area (Å²) in [6, 6.07) is 10.7. The molecule has 0 saturated heterocycles. The number of nitrogens with zero attached hydrogens (tertiary/aromatic N) is 1. The van der Waals surface area contributed by atoms with Crippen LogP contribution in [0.3, 0.4) is 0 Å². The summed E-state index contributed by atoms with van der Waals surface area (Å²) in [5.74, 6) is 0.871. The first-order chi connectivity index (χ1) is 10.1. The molecule has 21 heavy (non-hydrogen) atoms. The number of rotatable bonds is 6. The van der Waals surface area contributed by atoms with Gasteiger partial charge in [0.25, 0.3) is 0 Å². The van der Waals surface area contributed by atoms with Crippen molar-refractivity contribution in [3.05, 3.63) is 47.7 Å². The van der Waals surface area contributed by atoms with Crippen molar-refractivity contribution in [3.63, 3.8) is 0 Å². The van der Waals surface area contributed by atoms with Gasteiger partial charge in [-0.05, 0) is 36.2 Å². The summed E-state index contributed by atoms with van der Waals surface area (Å²) in [6.45, 7) is 7.25. The zero-order chi connectivity index (χ0) is 15.2. The Balaban J connectivity index is 2.09. The van der Waals surface area contributed by atoms with Gasteiger partial charge in [0.05, 0.1) is 7.11 Å². The number of hydrogen-bond acceptors (Lipinski definition) is 4. The lowest BCUT2D eigenvalue weighted by molar-refractivity contribution is 0.413. The van der Waals surface area contributed by atoms with Gasteiger partial charge in [-0.25, -0.2) is 4.98 Å². The second-order valence-electron chi connectivity index (χ2n) is 5.28. The summed E-state index contributed by atoms with van der Waals surface area (Å²) >= 11 is 1.67. The number of pyridine rings is 1. The summed E-state index contributed by atoms with van der Waals surface area (Å²) in [5, 5.41) is 4.45. The molecular formula is C17H22N2OS. The van der Waals surface area contributed by atoms with Gasteiger partial charge in [-0.1, -0.05) is 37.7 Å². The highest BCUT2D eigenvalue weighted by Gasteiger charge is 2.06. The molecule has 0 amide bonds. The van der Waals surface area contributed by atoms with Crippen LogP contribution in [0.1, 0.15) is 25.0 Å². The van der Waals surface area contributed by atoms with Crippen molar-refractivity contribution in [3.8, 4) is 5.75 Å². The molecule has 1 aromatic heterocycles. The van der Waals surface area contributed by atoms with E-state index in [0.29, 0.717) is 6.04 Å². The van der Waals surface area contributed by atoms with Gasteiger partial charge in [-0.3, -0.25) is 0 Å². The van der Waals surface area contributed by atoms with E-state index in [-0.39, 0.29) is 0 Å². The highest BCUT2D eigenvalue weighted by molar-refractivity contribution is 7.99. The number of ether oxygens (including phenoxy) is 1. The van der Waals surface area contributed by atoms with Crippen molar-refractivity contribution in [1.82, 2.24) is 10.3 Å². The molecule has 0 spiro atoms. The minimum atomic E-state index is 0.483. The van der Waals surface area contributed by atoms with Crippen LogP contribution in [0.2, 0.25) is 0 Å². The van der Waals surface area contributed by atoms with Gasteiger partial charge in [0.15, 0.2) is 0 Å². The van der Waals surface area contributed by atoms with E-state index in [2.05, 4.69) is 43.2 Å². The fourth-order valence-corrected chi connectivity index (χ4v) is 2.79. The minimum absolute atomic E-state index is 0.483. The molecule has 0 fully saturated rings. The summed E-state index contributed by atoms with van der Waals surface area (Å²) in [4.78, 5) is 5.73. The lowest BCUT2D eigenvalue weighted by atomic mass is 10.2. The molecule has 1 N–H and O–H groups in total. The quantitative estimate of drug-likeness (QED) is 0.873. The monoisotopic (exact) mass is 302 g/mol. The molecule has 0 radical (unpaired) electrons. The average Bonchev–Trinajstić information content (AvgIpc) is 2.48. The Hall–Kier alpha value is -1.52. The fourth-order valence-electron chi connectivity index (χ4n) is 1.92. The zero-order valence-corrected chi connectivity index (χ0v) is 13.8. The molecule has 4 heteroatoms. The van der Waals surface area contributed by atoms with Gasteiger partial charge in [0.2, 0.25) is 0 Å². The van der Waals surface area contributed by atoms with Gasteiger partial charge in [0.1, 0.15) is 10.8 Å². The first-order valence-corrected chi connectivity index (χ1v) is 7.91. The van der Waals surface area contributed by atoms with Gasteiger partial charge >= 0.3 is 0 Å². The summed E-state index contributed by atoms with van der Waals surface area (Å²) < 4.78 is 5.25. The molecule has 1 aromatic carbocycles. The van der Waals surface area contributed by atoms with Crippen molar-refractivity contribution in [1.29, 1.82) is 0 Å². The topological polar surface area (TPSA) is 34.1 Å². The summed E-state index contributed by atoms with van der Waals surface area (Å²) in [7, 11) is 1.68.